The number of hydrogen-bond acceptors (Lipinski definition) is 3. The van der Waals surface area contributed by atoms with Crippen molar-refractivity contribution >= 4 is 0 Å². The lowest BCUT2D eigenvalue weighted by Gasteiger charge is -2.35. The number of rotatable bonds is 3. The van der Waals surface area contributed by atoms with Crippen molar-refractivity contribution in [1.82, 2.24) is 9.78 Å². The maximum atomic E-state index is 10.6. The summed E-state index contributed by atoms with van der Waals surface area (Å²) in [5.74, 6) is 0. The van der Waals surface area contributed by atoms with Crippen LogP contribution in [0.5, 0.6) is 0 Å². The van der Waals surface area contributed by atoms with Crippen LogP contribution in [0.25, 0.3) is 0 Å². The predicted molar refractivity (Wildman–Crippen MR) is 65.6 cm³/mol. The van der Waals surface area contributed by atoms with Gasteiger partial charge in [0.2, 0.25) is 0 Å². The number of aliphatic hydroxyl groups excluding tert-OH is 1. The molecule has 0 saturated heterocycles. The lowest BCUT2D eigenvalue weighted by atomic mass is 9.85. The Balaban J connectivity index is 2.21. The van der Waals surface area contributed by atoms with Gasteiger partial charge in [-0.05, 0) is 12.8 Å². The lowest BCUT2D eigenvalue weighted by molar-refractivity contribution is -0.114. The molecule has 2 rings (SSSR count). The minimum absolute atomic E-state index is 0.417. The fraction of sp³-hybridized carbons (Fsp3) is 0.769. The van der Waals surface area contributed by atoms with E-state index in [4.69, 9.17) is 4.74 Å². The van der Waals surface area contributed by atoms with Gasteiger partial charge in [-0.1, -0.05) is 25.7 Å². The standard InChI is InChI=1S/C13H22N2O2/c1-15-10-11(9-14-15)12(16)13(17-2)7-5-3-4-6-8-13/h9-10,12,16H,3-8H2,1-2H3. The topological polar surface area (TPSA) is 47.3 Å². The Morgan fingerprint density at radius 3 is 2.47 bits per heavy atom. The van der Waals surface area contributed by atoms with Crippen molar-refractivity contribution in [2.45, 2.75) is 50.2 Å². The summed E-state index contributed by atoms with van der Waals surface area (Å²) in [6.07, 6.45) is 9.64. The summed E-state index contributed by atoms with van der Waals surface area (Å²) in [6.45, 7) is 0. The monoisotopic (exact) mass is 238 g/mol. The molecule has 4 nitrogen and oxygen atoms in total. The summed E-state index contributed by atoms with van der Waals surface area (Å²) in [5, 5.41) is 14.7. The number of nitrogens with zero attached hydrogens (tertiary/aromatic N) is 2. The molecule has 0 radical (unpaired) electrons. The molecule has 1 heterocycles. The summed E-state index contributed by atoms with van der Waals surface area (Å²) in [5.41, 5.74) is 0.441. The van der Waals surface area contributed by atoms with E-state index in [2.05, 4.69) is 5.10 Å². The Morgan fingerprint density at radius 1 is 1.35 bits per heavy atom. The Kier molecular flexibility index (Phi) is 3.84. The van der Waals surface area contributed by atoms with Gasteiger partial charge in [0.15, 0.2) is 0 Å². The third kappa shape index (κ3) is 2.53. The van der Waals surface area contributed by atoms with Crippen LogP contribution in [0.1, 0.15) is 50.2 Å². The zero-order valence-electron chi connectivity index (χ0n) is 10.7. The van der Waals surface area contributed by atoms with Crippen molar-refractivity contribution in [1.29, 1.82) is 0 Å². The van der Waals surface area contributed by atoms with Crippen LogP contribution < -0.4 is 0 Å². The van der Waals surface area contributed by atoms with Gasteiger partial charge >= 0.3 is 0 Å². The van der Waals surface area contributed by atoms with Gasteiger partial charge in [0.25, 0.3) is 0 Å². The first-order valence-corrected chi connectivity index (χ1v) is 6.40. The zero-order valence-corrected chi connectivity index (χ0v) is 10.7. The van der Waals surface area contributed by atoms with E-state index in [9.17, 15) is 5.11 Å². The first kappa shape index (κ1) is 12.6. The van der Waals surface area contributed by atoms with Crippen LogP contribution in [0.3, 0.4) is 0 Å². The molecular weight excluding hydrogens is 216 g/mol. The quantitative estimate of drug-likeness (QED) is 0.821. The van der Waals surface area contributed by atoms with Gasteiger partial charge in [-0.25, -0.2) is 0 Å². The minimum atomic E-state index is -0.570. The third-order valence-corrected chi connectivity index (χ3v) is 3.90. The highest BCUT2D eigenvalue weighted by molar-refractivity contribution is 5.13. The van der Waals surface area contributed by atoms with Crippen LogP contribution in [-0.2, 0) is 11.8 Å². The predicted octanol–water partition coefficient (Wildman–Crippen LogP) is 2.19. The Hall–Kier alpha value is -0.870. The molecule has 0 spiro atoms. The largest absolute Gasteiger partial charge is 0.385 e. The van der Waals surface area contributed by atoms with Crippen molar-refractivity contribution < 1.29 is 9.84 Å². The van der Waals surface area contributed by atoms with Gasteiger partial charge in [0, 0.05) is 25.9 Å². The molecule has 1 N–H and O–H groups in total. The van der Waals surface area contributed by atoms with Crippen LogP contribution in [-0.4, -0.2) is 27.6 Å². The van der Waals surface area contributed by atoms with Crippen molar-refractivity contribution in [3.05, 3.63) is 18.0 Å². The van der Waals surface area contributed by atoms with Gasteiger partial charge < -0.3 is 9.84 Å². The molecule has 1 aliphatic rings. The molecule has 1 atom stereocenters. The van der Waals surface area contributed by atoms with E-state index >= 15 is 0 Å². The van der Waals surface area contributed by atoms with Crippen LogP contribution in [0.2, 0.25) is 0 Å². The molecule has 1 saturated carbocycles. The molecule has 17 heavy (non-hydrogen) atoms. The fourth-order valence-corrected chi connectivity index (χ4v) is 2.80. The molecule has 1 unspecified atom stereocenters. The highest BCUT2D eigenvalue weighted by atomic mass is 16.5. The summed E-state index contributed by atoms with van der Waals surface area (Å²) < 4.78 is 7.42. The minimum Gasteiger partial charge on any atom is -0.385 e. The lowest BCUT2D eigenvalue weighted by Crippen LogP contribution is -2.38. The number of aliphatic hydroxyl groups is 1. The number of aromatic nitrogens is 2. The second kappa shape index (κ2) is 5.19. The maximum absolute atomic E-state index is 10.6. The first-order valence-electron chi connectivity index (χ1n) is 6.40. The van der Waals surface area contributed by atoms with Gasteiger partial charge in [0.05, 0.1) is 11.8 Å². The van der Waals surface area contributed by atoms with Crippen LogP contribution >= 0.6 is 0 Å². The fourth-order valence-electron chi connectivity index (χ4n) is 2.80. The average molecular weight is 238 g/mol. The normalized spacial score (nSPS) is 22.1. The SMILES string of the molecule is COC1(C(O)c2cnn(C)c2)CCCCCC1. The smallest absolute Gasteiger partial charge is 0.111 e. The number of methoxy groups -OCH3 is 1. The Morgan fingerprint density at radius 2 is 2.00 bits per heavy atom. The molecule has 1 fully saturated rings. The van der Waals surface area contributed by atoms with Crippen LogP contribution in [0.15, 0.2) is 12.4 Å². The molecule has 0 amide bonds. The second-order valence-electron chi connectivity index (χ2n) is 5.03. The molecular formula is C13H22N2O2. The molecule has 1 aromatic heterocycles. The van der Waals surface area contributed by atoms with Crippen LogP contribution in [0, 0.1) is 0 Å². The van der Waals surface area contributed by atoms with E-state index in [1.165, 1.54) is 12.8 Å². The molecule has 1 aromatic rings. The molecule has 0 bridgehead atoms. The highest BCUT2D eigenvalue weighted by Gasteiger charge is 2.39. The maximum Gasteiger partial charge on any atom is 0.111 e. The van der Waals surface area contributed by atoms with Gasteiger partial charge in [-0.2, -0.15) is 5.10 Å². The Labute approximate surface area is 103 Å². The second-order valence-corrected chi connectivity index (χ2v) is 5.03. The number of hydrogen-bond donors (Lipinski definition) is 1. The van der Waals surface area contributed by atoms with Crippen molar-refractivity contribution in [3.8, 4) is 0 Å². The highest BCUT2D eigenvalue weighted by Crippen LogP contribution is 2.39. The number of aryl methyl sites for hydroxylation is 1. The van der Waals surface area contributed by atoms with E-state index < -0.39 is 11.7 Å². The summed E-state index contributed by atoms with van der Waals surface area (Å²) in [6, 6.07) is 0. The van der Waals surface area contributed by atoms with Gasteiger partial charge in [0.1, 0.15) is 6.10 Å². The van der Waals surface area contributed by atoms with E-state index in [1.807, 2.05) is 13.2 Å². The first-order chi connectivity index (χ1) is 8.18. The molecule has 96 valence electrons. The summed E-state index contributed by atoms with van der Waals surface area (Å²) in [7, 11) is 3.58. The number of ether oxygens (including phenoxy) is 1. The van der Waals surface area contributed by atoms with Crippen molar-refractivity contribution in [2.24, 2.45) is 7.05 Å². The summed E-state index contributed by atoms with van der Waals surface area (Å²) >= 11 is 0. The van der Waals surface area contributed by atoms with E-state index in [0.717, 1.165) is 31.2 Å². The third-order valence-electron chi connectivity index (χ3n) is 3.90. The van der Waals surface area contributed by atoms with Crippen molar-refractivity contribution in [3.63, 3.8) is 0 Å². The molecule has 0 aliphatic heterocycles. The van der Waals surface area contributed by atoms with Crippen molar-refractivity contribution in [2.75, 3.05) is 7.11 Å². The molecule has 0 aromatic carbocycles. The zero-order chi connectivity index (χ0) is 12.3. The average Bonchev–Trinajstić information content (AvgIpc) is 2.64. The Bertz CT molecular complexity index is 354. The van der Waals surface area contributed by atoms with E-state index in [-0.39, 0.29) is 0 Å². The van der Waals surface area contributed by atoms with Gasteiger partial charge in [-0.15, -0.1) is 0 Å². The molecule has 4 heteroatoms. The molecule has 1 aliphatic carbocycles. The van der Waals surface area contributed by atoms with E-state index in [0.29, 0.717) is 0 Å². The van der Waals surface area contributed by atoms with Gasteiger partial charge in [-0.3, -0.25) is 4.68 Å². The van der Waals surface area contributed by atoms with Crippen LogP contribution in [0.4, 0.5) is 0 Å². The van der Waals surface area contributed by atoms with E-state index in [1.54, 1.807) is 18.0 Å². The summed E-state index contributed by atoms with van der Waals surface area (Å²) in [4.78, 5) is 0.